The molecule has 2 aromatic rings. The molecule has 2 aromatic carbocycles. The number of aromatic hydroxyl groups is 1. The topological polar surface area (TPSA) is 29.5 Å². The molecular weight excluding hydrogens is 332 g/mol. The van der Waals surface area contributed by atoms with E-state index in [0.29, 0.717) is 12.2 Å². The Morgan fingerprint density at radius 3 is 1.78 bits per heavy atom. The molecule has 0 saturated heterocycles. The van der Waals surface area contributed by atoms with E-state index in [1.165, 1.54) is 11.1 Å². The van der Waals surface area contributed by atoms with E-state index in [-0.39, 0.29) is 10.8 Å². The molecule has 148 valence electrons. The summed E-state index contributed by atoms with van der Waals surface area (Å²) in [6.07, 6.45) is 1.48. The van der Waals surface area contributed by atoms with Gasteiger partial charge in [-0.1, -0.05) is 72.7 Å². The minimum Gasteiger partial charge on any atom is -0.507 e. The molecule has 2 nitrogen and oxygen atoms in total. The maximum Gasteiger partial charge on any atom is 0.125 e. The van der Waals surface area contributed by atoms with Gasteiger partial charge < -0.3 is 9.84 Å². The van der Waals surface area contributed by atoms with Crippen molar-refractivity contribution in [1.82, 2.24) is 0 Å². The van der Waals surface area contributed by atoms with Crippen LogP contribution in [0.4, 0.5) is 0 Å². The number of methoxy groups -OCH3 is 1. The second-order valence-corrected chi connectivity index (χ2v) is 9.66. The summed E-state index contributed by atoms with van der Waals surface area (Å²) >= 11 is 0. The Morgan fingerprint density at radius 2 is 1.30 bits per heavy atom. The molecule has 0 aliphatic carbocycles. The molecule has 1 N–H and O–H groups in total. The summed E-state index contributed by atoms with van der Waals surface area (Å²) in [6.45, 7) is 17.5. The molecular formula is C25H36O2. The van der Waals surface area contributed by atoms with Gasteiger partial charge in [0.05, 0.1) is 7.11 Å². The van der Waals surface area contributed by atoms with Gasteiger partial charge in [-0.05, 0) is 57.6 Å². The first-order valence-electron chi connectivity index (χ1n) is 9.91. The Hall–Kier alpha value is -1.96. The Labute approximate surface area is 165 Å². The summed E-state index contributed by atoms with van der Waals surface area (Å²) in [5.41, 5.74) is 6.92. The Morgan fingerprint density at radius 1 is 0.815 bits per heavy atom. The van der Waals surface area contributed by atoms with E-state index >= 15 is 0 Å². The quantitative estimate of drug-likeness (QED) is 0.671. The lowest BCUT2D eigenvalue weighted by atomic mass is 9.82. The number of hydrogen-bond acceptors (Lipinski definition) is 2. The van der Waals surface area contributed by atoms with Gasteiger partial charge in [0.2, 0.25) is 0 Å². The molecule has 0 radical (unpaired) electrons. The van der Waals surface area contributed by atoms with Crippen LogP contribution in [0, 0.1) is 6.92 Å². The number of aryl methyl sites for hydroxylation is 2. The summed E-state index contributed by atoms with van der Waals surface area (Å²) in [6, 6.07) is 8.76. The summed E-state index contributed by atoms with van der Waals surface area (Å²) in [7, 11) is 1.73. The fourth-order valence-electron chi connectivity index (χ4n) is 3.51. The summed E-state index contributed by atoms with van der Waals surface area (Å²) in [4.78, 5) is 0. The van der Waals surface area contributed by atoms with E-state index in [4.69, 9.17) is 4.74 Å². The number of ether oxygens (including phenoxy) is 1. The van der Waals surface area contributed by atoms with Crippen LogP contribution in [0.25, 0.3) is 0 Å². The van der Waals surface area contributed by atoms with E-state index in [9.17, 15) is 5.11 Å². The van der Waals surface area contributed by atoms with Crippen molar-refractivity contribution < 1.29 is 9.84 Å². The lowest BCUT2D eigenvalue weighted by Gasteiger charge is -2.24. The van der Waals surface area contributed by atoms with Crippen molar-refractivity contribution in [2.24, 2.45) is 0 Å². The number of phenols is 1. The highest BCUT2D eigenvalue weighted by Gasteiger charge is 2.21. The predicted octanol–water partition coefficient (Wildman–Crippen LogP) is 6.46. The van der Waals surface area contributed by atoms with Crippen LogP contribution in [0.3, 0.4) is 0 Å². The van der Waals surface area contributed by atoms with Gasteiger partial charge in [0.25, 0.3) is 0 Å². The molecule has 0 aromatic heterocycles. The van der Waals surface area contributed by atoms with Crippen molar-refractivity contribution >= 4 is 0 Å². The Bertz CT molecular complexity index is 818. The maximum atomic E-state index is 10.9. The number of rotatable bonds is 4. The molecule has 0 spiro atoms. The number of phenolic OH excluding ortho intramolecular Hbond substituents is 1. The smallest absolute Gasteiger partial charge is 0.125 e. The lowest BCUT2D eigenvalue weighted by Crippen LogP contribution is -2.14. The summed E-state index contributed by atoms with van der Waals surface area (Å²) in [5, 5.41) is 10.9. The molecule has 2 heteroatoms. The minimum absolute atomic E-state index is 0.0413. The molecule has 0 fully saturated rings. The van der Waals surface area contributed by atoms with E-state index < -0.39 is 0 Å². The molecule has 0 aliphatic rings. The lowest BCUT2D eigenvalue weighted by molar-refractivity contribution is 0.406. The molecule has 0 aliphatic heterocycles. The van der Waals surface area contributed by atoms with Gasteiger partial charge in [0.15, 0.2) is 0 Å². The summed E-state index contributed by atoms with van der Waals surface area (Å²) < 4.78 is 5.73. The third kappa shape index (κ3) is 4.66. The Kier molecular flexibility index (Phi) is 5.99. The average Bonchev–Trinajstić information content (AvgIpc) is 2.54. The molecule has 2 rings (SSSR count). The van der Waals surface area contributed by atoms with Crippen LogP contribution in [-0.2, 0) is 23.7 Å². The van der Waals surface area contributed by atoms with Crippen LogP contribution in [0.2, 0.25) is 0 Å². The van der Waals surface area contributed by atoms with Gasteiger partial charge >= 0.3 is 0 Å². The van der Waals surface area contributed by atoms with Crippen molar-refractivity contribution in [2.75, 3.05) is 7.11 Å². The molecule has 0 unspecified atom stereocenters. The zero-order valence-corrected chi connectivity index (χ0v) is 18.6. The van der Waals surface area contributed by atoms with Gasteiger partial charge in [-0.2, -0.15) is 0 Å². The van der Waals surface area contributed by atoms with Crippen molar-refractivity contribution in [3.8, 4) is 11.5 Å². The fourth-order valence-corrected chi connectivity index (χ4v) is 3.51. The third-order valence-corrected chi connectivity index (χ3v) is 5.32. The van der Waals surface area contributed by atoms with E-state index in [2.05, 4.69) is 79.7 Å². The van der Waals surface area contributed by atoms with Crippen LogP contribution in [0.1, 0.15) is 81.8 Å². The van der Waals surface area contributed by atoms with E-state index in [1.54, 1.807) is 7.11 Å². The first-order chi connectivity index (χ1) is 12.4. The molecule has 0 atom stereocenters. The zero-order valence-electron chi connectivity index (χ0n) is 18.6. The van der Waals surface area contributed by atoms with E-state index in [0.717, 1.165) is 34.4 Å². The second-order valence-electron chi connectivity index (χ2n) is 9.66. The zero-order chi connectivity index (χ0) is 20.6. The Balaban J connectivity index is 2.64. The largest absolute Gasteiger partial charge is 0.507 e. The van der Waals surface area contributed by atoms with Crippen molar-refractivity contribution in [2.45, 2.75) is 79.1 Å². The van der Waals surface area contributed by atoms with Crippen molar-refractivity contribution in [1.29, 1.82) is 0 Å². The molecule has 0 saturated carbocycles. The number of benzene rings is 2. The number of hydrogen-bond donors (Lipinski definition) is 1. The van der Waals surface area contributed by atoms with Crippen LogP contribution >= 0.6 is 0 Å². The second kappa shape index (κ2) is 7.58. The standard InChI is InChI=1S/C25H36O2/c1-10-17-13-21(25(6,7)8)14-18(22(17)26)12-19-15-20(24(3,4)5)11-16(2)23(19)27-9/h11,13-15,26H,10,12H2,1-9H3. The van der Waals surface area contributed by atoms with Gasteiger partial charge in [0.1, 0.15) is 11.5 Å². The fraction of sp³-hybridized carbons (Fsp3) is 0.520. The molecule has 0 amide bonds. The highest BCUT2D eigenvalue weighted by atomic mass is 16.5. The van der Waals surface area contributed by atoms with Crippen molar-refractivity contribution in [3.05, 3.63) is 57.6 Å². The first kappa shape index (κ1) is 21.3. The predicted molar refractivity (Wildman–Crippen MR) is 115 cm³/mol. The SMILES string of the molecule is CCc1cc(C(C)(C)C)cc(Cc2cc(C(C)(C)C)cc(C)c2OC)c1O. The average molecular weight is 369 g/mol. The van der Waals surface area contributed by atoms with Gasteiger partial charge in [-0.25, -0.2) is 0 Å². The molecule has 0 heterocycles. The van der Waals surface area contributed by atoms with Gasteiger partial charge in [-0.3, -0.25) is 0 Å². The normalized spacial score (nSPS) is 12.3. The van der Waals surface area contributed by atoms with Crippen LogP contribution in [-0.4, -0.2) is 12.2 Å². The summed E-state index contributed by atoms with van der Waals surface area (Å²) in [5.74, 6) is 1.34. The third-order valence-electron chi connectivity index (χ3n) is 5.32. The molecule has 0 bridgehead atoms. The first-order valence-corrected chi connectivity index (χ1v) is 9.91. The monoisotopic (exact) mass is 368 g/mol. The maximum absolute atomic E-state index is 10.9. The highest BCUT2D eigenvalue weighted by Crippen LogP contribution is 2.37. The molecule has 27 heavy (non-hydrogen) atoms. The van der Waals surface area contributed by atoms with E-state index in [1.807, 2.05) is 0 Å². The van der Waals surface area contributed by atoms with Crippen LogP contribution < -0.4 is 4.74 Å². The minimum atomic E-state index is 0.0413. The van der Waals surface area contributed by atoms with Crippen LogP contribution in [0.15, 0.2) is 24.3 Å². The van der Waals surface area contributed by atoms with Crippen LogP contribution in [0.5, 0.6) is 11.5 Å². The van der Waals surface area contributed by atoms with Gasteiger partial charge in [-0.15, -0.1) is 0 Å². The van der Waals surface area contributed by atoms with Gasteiger partial charge in [0, 0.05) is 6.42 Å². The highest BCUT2D eigenvalue weighted by molar-refractivity contribution is 5.52. The van der Waals surface area contributed by atoms with Crippen molar-refractivity contribution in [3.63, 3.8) is 0 Å².